The Morgan fingerprint density at radius 3 is 2.32 bits per heavy atom. The molecule has 6 rings (SSSR count). The summed E-state index contributed by atoms with van der Waals surface area (Å²) in [5.41, 5.74) is 6.52. The standard InChI is InChI=1S/C27H18FN5O/c28-18-3-7-23-22(15-18)24(11-14-30-23)32-21-6-8-26-25(16-21)33-27(34-26)17-1-4-19(5-2-17)31-20-9-12-29-13-10-20/h1-16H,(H,29,31)(H,30,32). The Bertz CT molecular complexity index is 1610. The Labute approximate surface area is 194 Å². The van der Waals surface area contributed by atoms with Crippen LogP contribution in [0.2, 0.25) is 0 Å². The van der Waals surface area contributed by atoms with Gasteiger partial charge in [-0.05, 0) is 78.9 Å². The molecule has 164 valence electrons. The first-order valence-electron chi connectivity index (χ1n) is 10.7. The summed E-state index contributed by atoms with van der Waals surface area (Å²) in [5.74, 6) is 0.237. The highest BCUT2D eigenvalue weighted by Crippen LogP contribution is 2.30. The molecule has 0 spiro atoms. The van der Waals surface area contributed by atoms with Crippen LogP contribution in [-0.2, 0) is 0 Å². The third kappa shape index (κ3) is 3.91. The van der Waals surface area contributed by atoms with Crippen molar-refractivity contribution in [1.82, 2.24) is 15.0 Å². The van der Waals surface area contributed by atoms with Crippen LogP contribution in [0.25, 0.3) is 33.5 Å². The van der Waals surface area contributed by atoms with E-state index in [0.717, 1.165) is 39.3 Å². The second kappa shape index (κ2) is 8.29. The number of nitrogens with one attached hydrogen (secondary N) is 2. The van der Waals surface area contributed by atoms with Crippen LogP contribution in [-0.4, -0.2) is 15.0 Å². The number of aromatic nitrogens is 3. The predicted molar refractivity (Wildman–Crippen MR) is 132 cm³/mol. The zero-order chi connectivity index (χ0) is 22.9. The maximum Gasteiger partial charge on any atom is 0.227 e. The Morgan fingerprint density at radius 2 is 1.47 bits per heavy atom. The van der Waals surface area contributed by atoms with Crippen LogP contribution < -0.4 is 10.6 Å². The lowest BCUT2D eigenvalue weighted by Gasteiger charge is -2.09. The lowest BCUT2D eigenvalue weighted by atomic mass is 10.1. The number of hydrogen-bond acceptors (Lipinski definition) is 6. The predicted octanol–water partition coefficient (Wildman–Crippen LogP) is 7.06. The number of rotatable bonds is 5. The average Bonchev–Trinajstić information content (AvgIpc) is 3.29. The van der Waals surface area contributed by atoms with Gasteiger partial charge < -0.3 is 15.1 Å². The Morgan fingerprint density at radius 1 is 0.676 bits per heavy atom. The normalized spacial score (nSPS) is 11.1. The Balaban J connectivity index is 1.26. The summed E-state index contributed by atoms with van der Waals surface area (Å²) in [6, 6.07) is 23.8. The third-order valence-electron chi connectivity index (χ3n) is 5.47. The molecule has 0 aliphatic rings. The Hall–Kier alpha value is -4.78. The molecular weight excluding hydrogens is 429 g/mol. The first-order valence-corrected chi connectivity index (χ1v) is 10.7. The highest BCUT2D eigenvalue weighted by atomic mass is 19.1. The van der Waals surface area contributed by atoms with Gasteiger partial charge in [0.25, 0.3) is 0 Å². The maximum atomic E-state index is 13.8. The molecule has 0 unspecified atom stereocenters. The molecule has 3 heterocycles. The summed E-state index contributed by atoms with van der Waals surface area (Å²) in [7, 11) is 0. The molecule has 3 aromatic carbocycles. The number of oxazole rings is 1. The van der Waals surface area contributed by atoms with Crippen molar-refractivity contribution in [1.29, 1.82) is 0 Å². The van der Waals surface area contributed by atoms with Crippen molar-refractivity contribution >= 4 is 44.8 Å². The van der Waals surface area contributed by atoms with Crippen molar-refractivity contribution in [3.63, 3.8) is 0 Å². The Kier molecular flexibility index (Phi) is 4.85. The van der Waals surface area contributed by atoms with E-state index < -0.39 is 0 Å². The van der Waals surface area contributed by atoms with Gasteiger partial charge in [0.2, 0.25) is 5.89 Å². The van der Waals surface area contributed by atoms with Crippen molar-refractivity contribution in [2.45, 2.75) is 0 Å². The minimum Gasteiger partial charge on any atom is -0.436 e. The molecule has 0 bridgehead atoms. The van der Waals surface area contributed by atoms with Gasteiger partial charge in [-0.3, -0.25) is 9.97 Å². The largest absolute Gasteiger partial charge is 0.436 e. The fourth-order valence-corrected chi connectivity index (χ4v) is 3.81. The summed E-state index contributed by atoms with van der Waals surface area (Å²) in [6.07, 6.45) is 5.18. The lowest BCUT2D eigenvalue weighted by molar-refractivity contribution is 0.620. The molecular formula is C27H18FN5O. The number of anilines is 4. The molecule has 0 radical (unpaired) electrons. The SMILES string of the molecule is Fc1ccc2nccc(Nc3ccc4oc(-c5ccc(Nc6ccncc6)cc5)nc4c3)c2c1. The minimum absolute atomic E-state index is 0.304. The summed E-state index contributed by atoms with van der Waals surface area (Å²) >= 11 is 0. The molecule has 6 aromatic rings. The van der Waals surface area contributed by atoms with E-state index in [1.807, 2.05) is 60.7 Å². The summed E-state index contributed by atoms with van der Waals surface area (Å²) in [5, 5.41) is 7.39. The third-order valence-corrected chi connectivity index (χ3v) is 5.47. The van der Waals surface area contributed by atoms with Gasteiger partial charge in [-0.2, -0.15) is 0 Å². The second-order valence-corrected chi connectivity index (χ2v) is 7.78. The summed E-state index contributed by atoms with van der Waals surface area (Å²) < 4.78 is 19.8. The molecule has 0 saturated carbocycles. The lowest BCUT2D eigenvalue weighted by Crippen LogP contribution is -1.93. The fraction of sp³-hybridized carbons (Fsp3) is 0. The zero-order valence-corrected chi connectivity index (χ0v) is 17.9. The number of halogens is 1. The first-order chi connectivity index (χ1) is 16.7. The monoisotopic (exact) mass is 447 g/mol. The van der Waals surface area contributed by atoms with Gasteiger partial charge in [0.05, 0.1) is 5.52 Å². The summed E-state index contributed by atoms with van der Waals surface area (Å²) in [4.78, 5) is 13.0. The van der Waals surface area contributed by atoms with Gasteiger partial charge >= 0.3 is 0 Å². The molecule has 3 aromatic heterocycles. The van der Waals surface area contributed by atoms with Crippen molar-refractivity contribution in [3.05, 3.63) is 103 Å². The topological polar surface area (TPSA) is 75.9 Å². The minimum atomic E-state index is -0.304. The van der Waals surface area contributed by atoms with E-state index >= 15 is 0 Å². The molecule has 0 fully saturated rings. The second-order valence-electron chi connectivity index (χ2n) is 7.78. The number of nitrogens with zero attached hydrogens (tertiary/aromatic N) is 3. The van der Waals surface area contributed by atoms with Crippen LogP contribution in [0.3, 0.4) is 0 Å². The van der Waals surface area contributed by atoms with Gasteiger partial charge in [-0.25, -0.2) is 9.37 Å². The molecule has 34 heavy (non-hydrogen) atoms. The van der Waals surface area contributed by atoms with Gasteiger partial charge in [0.15, 0.2) is 5.58 Å². The molecule has 0 aliphatic heterocycles. The van der Waals surface area contributed by atoms with Crippen LogP contribution in [0.4, 0.5) is 27.1 Å². The van der Waals surface area contributed by atoms with Gasteiger partial charge in [0.1, 0.15) is 11.3 Å². The van der Waals surface area contributed by atoms with Crippen molar-refractivity contribution in [2.24, 2.45) is 0 Å². The van der Waals surface area contributed by atoms with Gasteiger partial charge in [-0.1, -0.05) is 0 Å². The van der Waals surface area contributed by atoms with Gasteiger partial charge in [-0.15, -0.1) is 0 Å². The average molecular weight is 447 g/mol. The smallest absolute Gasteiger partial charge is 0.227 e. The molecule has 2 N–H and O–H groups in total. The number of fused-ring (bicyclic) bond motifs is 2. The van der Waals surface area contributed by atoms with E-state index in [-0.39, 0.29) is 5.82 Å². The van der Waals surface area contributed by atoms with Gasteiger partial charge in [0, 0.05) is 52.3 Å². The highest BCUT2D eigenvalue weighted by molar-refractivity contribution is 5.93. The molecule has 0 atom stereocenters. The number of benzene rings is 3. The summed E-state index contributed by atoms with van der Waals surface area (Å²) in [6.45, 7) is 0. The van der Waals surface area contributed by atoms with Crippen LogP contribution in [0.1, 0.15) is 0 Å². The fourth-order valence-electron chi connectivity index (χ4n) is 3.81. The van der Waals surface area contributed by atoms with Crippen LogP contribution in [0.5, 0.6) is 0 Å². The molecule has 6 nitrogen and oxygen atoms in total. The quantitative estimate of drug-likeness (QED) is 0.294. The zero-order valence-electron chi connectivity index (χ0n) is 17.9. The van der Waals surface area contributed by atoms with Crippen molar-refractivity contribution in [3.8, 4) is 11.5 Å². The molecule has 0 aliphatic carbocycles. The molecule has 7 heteroatoms. The van der Waals surface area contributed by atoms with Crippen LogP contribution in [0, 0.1) is 5.82 Å². The number of hydrogen-bond donors (Lipinski definition) is 2. The van der Waals surface area contributed by atoms with E-state index in [4.69, 9.17) is 4.42 Å². The first kappa shape index (κ1) is 19.9. The highest BCUT2D eigenvalue weighted by Gasteiger charge is 2.10. The van der Waals surface area contributed by atoms with Crippen LogP contribution >= 0.6 is 0 Å². The van der Waals surface area contributed by atoms with Crippen molar-refractivity contribution < 1.29 is 8.81 Å². The molecule has 0 saturated heterocycles. The van der Waals surface area contributed by atoms with E-state index in [1.165, 1.54) is 12.1 Å². The molecule has 0 amide bonds. The van der Waals surface area contributed by atoms with Crippen molar-refractivity contribution in [2.75, 3.05) is 10.6 Å². The van der Waals surface area contributed by atoms with E-state index in [1.54, 1.807) is 24.7 Å². The van der Waals surface area contributed by atoms with E-state index in [0.29, 0.717) is 16.9 Å². The number of pyridine rings is 2. The maximum absolute atomic E-state index is 13.8. The van der Waals surface area contributed by atoms with E-state index in [2.05, 4.69) is 25.6 Å². The van der Waals surface area contributed by atoms with Crippen LogP contribution in [0.15, 0.2) is 102 Å². The van der Waals surface area contributed by atoms with E-state index in [9.17, 15) is 4.39 Å².